The highest BCUT2D eigenvalue weighted by Gasteiger charge is 2.35. The van der Waals surface area contributed by atoms with Gasteiger partial charge in [-0.3, -0.25) is 4.90 Å². The lowest BCUT2D eigenvalue weighted by Crippen LogP contribution is -2.49. The Hall–Kier alpha value is -0.690. The van der Waals surface area contributed by atoms with Gasteiger partial charge in [0.1, 0.15) is 6.73 Å². The van der Waals surface area contributed by atoms with Crippen LogP contribution in [0.15, 0.2) is 0 Å². The fraction of sp³-hybridized carbons (Fsp3) is 0.727. The fourth-order valence-electron chi connectivity index (χ4n) is 1.97. The highest BCUT2D eigenvalue weighted by molar-refractivity contribution is 7.15. The zero-order chi connectivity index (χ0) is 12.5. The molecular formula is C11H19N3O2S. The topological polar surface area (TPSA) is 60.6 Å². The maximum Gasteiger partial charge on any atom is 0.180 e. The molecular weight excluding hydrogens is 238 g/mol. The smallest absolute Gasteiger partial charge is 0.180 e. The van der Waals surface area contributed by atoms with Crippen molar-refractivity contribution < 1.29 is 9.78 Å². The van der Waals surface area contributed by atoms with Crippen LogP contribution in [0.5, 0.6) is 0 Å². The second kappa shape index (κ2) is 4.89. The quantitative estimate of drug-likeness (QED) is 0.506. The van der Waals surface area contributed by atoms with Crippen molar-refractivity contribution in [3.63, 3.8) is 0 Å². The molecule has 0 aliphatic carbocycles. The van der Waals surface area contributed by atoms with Crippen LogP contribution in [0.25, 0.3) is 0 Å². The van der Waals surface area contributed by atoms with Crippen LogP contribution < -0.4 is 5.73 Å². The van der Waals surface area contributed by atoms with E-state index in [0.29, 0.717) is 18.5 Å². The molecule has 0 saturated heterocycles. The number of fused-ring (bicyclic) bond motifs is 1. The van der Waals surface area contributed by atoms with Crippen LogP contribution in [0.3, 0.4) is 0 Å². The van der Waals surface area contributed by atoms with Gasteiger partial charge in [-0.05, 0) is 20.8 Å². The zero-order valence-electron chi connectivity index (χ0n) is 10.5. The number of hydrogen-bond donors (Lipinski definition) is 1. The first-order chi connectivity index (χ1) is 8.03. The third-order valence-corrected chi connectivity index (χ3v) is 3.92. The van der Waals surface area contributed by atoms with Crippen molar-refractivity contribution in [2.45, 2.75) is 39.3 Å². The van der Waals surface area contributed by atoms with Gasteiger partial charge in [0, 0.05) is 23.4 Å². The second-order valence-electron chi connectivity index (χ2n) is 4.76. The van der Waals surface area contributed by atoms with Gasteiger partial charge in [0.15, 0.2) is 5.13 Å². The van der Waals surface area contributed by atoms with Crippen molar-refractivity contribution in [2.75, 3.05) is 19.1 Å². The van der Waals surface area contributed by atoms with Crippen molar-refractivity contribution in [3.8, 4) is 0 Å². The van der Waals surface area contributed by atoms with Crippen molar-refractivity contribution in [3.05, 3.63) is 10.6 Å². The predicted molar refractivity (Wildman–Crippen MR) is 67.4 cm³/mol. The van der Waals surface area contributed by atoms with Gasteiger partial charge < -0.3 is 5.73 Å². The molecule has 0 atom stereocenters. The molecule has 0 unspecified atom stereocenters. The first-order valence-electron chi connectivity index (χ1n) is 5.76. The summed E-state index contributed by atoms with van der Waals surface area (Å²) < 4.78 is 0. The normalized spacial score (nSPS) is 19.2. The number of nitrogens with two attached hydrogens (primary N) is 1. The number of hydrogen-bond acceptors (Lipinski definition) is 6. The van der Waals surface area contributed by atoms with Gasteiger partial charge in [0.05, 0.1) is 12.3 Å². The summed E-state index contributed by atoms with van der Waals surface area (Å²) in [7, 11) is 0. The van der Waals surface area contributed by atoms with Crippen LogP contribution in [0.1, 0.15) is 31.3 Å². The lowest BCUT2D eigenvalue weighted by atomic mass is 9.93. The molecule has 1 aliphatic rings. The number of rotatable bonds is 4. The van der Waals surface area contributed by atoms with Gasteiger partial charge in [-0.15, -0.1) is 11.3 Å². The number of nitrogen functional groups attached to an aromatic ring is 1. The van der Waals surface area contributed by atoms with E-state index in [1.807, 2.05) is 6.92 Å². The van der Waals surface area contributed by atoms with Gasteiger partial charge in [0.25, 0.3) is 0 Å². The Balaban J connectivity index is 2.08. The van der Waals surface area contributed by atoms with Crippen molar-refractivity contribution in [2.24, 2.45) is 0 Å². The maximum atomic E-state index is 5.75. The molecule has 6 heteroatoms. The summed E-state index contributed by atoms with van der Waals surface area (Å²) in [6, 6.07) is 0. The average molecular weight is 257 g/mol. The monoisotopic (exact) mass is 257 g/mol. The molecule has 0 aromatic carbocycles. The van der Waals surface area contributed by atoms with Crippen molar-refractivity contribution >= 4 is 16.5 Å². The number of thiazole rings is 1. The van der Waals surface area contributed by atoms with Gasteiger partial charge in [-0.1, -0.05) is 0 Å². The van der Waals surface area contributed by atoms with E-state index in [2.05, 4.69) is 23.7 Å². The van der Waals surface area contributed by atoms with Crippen LogP contribution in [0.4, 0.5) is 5.13 Å². The molecule has 0 saturated carbocycles. The third kappa shape index (κ3) is 2.77. The van der Waals surface area contributed by atoms with E-state index in [-0.39, 0.29) is 5.54 Å². The first-order valence-corrected chi connectivity index (χ1v) is 6.58. The SMILES string of the molecule is CCOOCN1Cc2nc(N)sc2CC1(C)C. The Morgan fingerprint density at radius 3 is 2.94 bits per heavy atom. The van der Waals surface area contributed by atoms with E-state index >= 15 is 0 Å². The second-order valence-corrected chi connectivity index (χ2v) is 5.88. The molecule has 2 N–H and O–H groups in total. The number of anilines is 1. The Bertz CT molecular complexity index is 392. The highest BCUT2D eigenvalue weighted by Crippen LogP contribution is 2.34. The van der Waals surface area contributed by atoms with Crippen LogP contribution in [0.2, 0.25) is 0 Å². The molecule has 5 nitrogen and oxygen atoms in total. The summed E-state index contributed by atoms with van der Waals surface area (Å²) in [4.78, 5) is 17.9. The molecule has 2 heterocycles. The minimum Gasteiger partial charge on any atom is -0.375 e. The molecule has 0 amide bonds. The van der Waals surface area contributed by atoms with Crippen LogP contribution >= 0.6 is 11.3 Å². The molecule has 0 fully saturated rings. The van der Waals surface area contributed by atoms with Gasteiger partial charge in [-0.25, -0.2) is 14.8 Å². The molecule has 17 heavy (non-hydrogen) atoms. The summed E-state index contributed by atoms with van der Waals surface area (Å²) >= 11 is 1.59. The van der Waals surface area contributed by atoms with E-state index in [4.69, 9.17) is 15.5 Å². The van der Waals surface area contributed by atoms with Gasteiger partial charge >= 0.3 is 0 Å². The standard InChI is InChI=1S/C11H19N3O2S/c1-4-15-16-7-14-6-8-9(5-11(14,2)3)17-10(12)13-8/h4-7H2,1-3H3,(H2,12,13). The van der Waals surface area contributed by atoms with E-state index in [0.717, 1.165) is 18.7 Å². The summed E-state index contributed by atoms with van der Waals surface area (Å²) in [6.45, 7) is 8.08. The molecule has 2 rings (SSSR count). The largest absolute Gasteiger partial charge is 0.375 e. The summed E-state index contributed by atoms with van der Waals surface area (Å²) in [5.41, 5.74) is 6.87. The predicted octanol–water partition coefficient (Wildman–Crippen LogP) is 1.79. The van der Waals surface area contributed by atoms with E-state index < -0.39 is 0 Å². The maximum absolute atomic E-state index is 5.75. The Labute approximate surface area is 105 Å². The Kier molecular flexibility index (Phi) is 3.67. The van der Waals surface area contributed by atoms with E-state index in [1.54, 1.807) is 11.3 Å². The summed E-state index contributed by atoms with van der Waals surface area (Å²) in [6.07, 6.45) is 0.951. The number of nitrogens with zero attached hydrogens (tertiary/aromatic N) is 2. The van der Waals surface area contributed by atoms with Gasteiger partial charge in [0.2, 0.25) is 0 Å². The van der Waals surface area contributed by atoms with Crippen molar-refractivity contribution in [1.29, 1.82) is 0 Å². The van der Waals surface area contributed by atoms with Crippen LogP contribution in [-0.4, -0.2) is 28.8 Å². The zero-order valence-corrected chi connectivity index (χ0v) is 11.3. The average Bonchev–Trinajstić information content (AvgIpc) is 2.56. The molecule has 0 radical (unpaired) electrons. The molecule has 1 aromatic heterocycles. The molecule has 1 aliphatic heterocycles. The minimum atomic E-state index is 0.0447. The third-order valence-electron chi connectivity index (χ3n) is 2.99. The number of aromatic nitrogens is 1. The van der Waals surface area contributed by atoms with E-state index in [9.17, 15) is 0 Å². The minimum absolute atomic E-state index is 0.0447. The fourth-order valence-corrected chi connectivity index (χ4v) is 3.03. The van der Waals surface area contributed by atoms with Crippen LogP contribution in [-0.2, 0) is 22.7 Å². The lowest BCUT2D eigenvalue weighted by molar-refractivity contribution is -0.320. The lowest BCUT2D eigenvalue weighted by Gasteiger charge is -2.40. The van der Waals surface area contributed by atoms with Gasteiger partial charge in [-0.2, -0.15) is 0 Å². The molecule has 1 aromatic rings. The van der Waals surface area contributed by atoms with E-state index in [1.165, 1.54) is 4.88 Å². The van der Waals surface area contributed by atoms with Crippen LogP contribution in [0, 0.1) is 0 Å². The summed E-state index contributed by atoms with van der Waals surface area (Å²) in [5.74, 6) is 0. The van der Waals surface area contributed by atoms with Crippen molar-refractivity contribution in [1.82, 2.24) is 9.88 Å². The molecule has 96 valence electrons. The highest BCUT2D eigenvalue weighted by atomic mass is 32.1. The first kappa shape index (κ1) is 12.8. The summed E-state index contributed by atoms with van der Waals surface area (Å²) in [5, 5.41) is 0.651. The Morgan fingerprint density at radius 1 is 1.47 bits per heavy atom. The Morgan fingerprint density at radius 2 is 2.24 bits per heavy atom. The molecule has 0 bridgehead atoms. The molecule has 0 spiro atoms.